The van der Waals surface area contributed by atoms with E-state index in [1.54, 1.807) is 29.2 Å². The van der Waals surface area contributed by atoms with Gasteiger partial charge in [-0.25, -0.2) is 0 Å². The van der Waals surface area contributed by atoms with Crippen molar-refractivity contribution < 1.29 is 24.2 Å². The average molecular weight is 609 g/mol. The van der Waals surface area contributed by atoms with Gasteiger partial charge in [-0.2, -0.15) is 0 Å². The van der Waals surface area contributed by atoms with Crippen molar-refractivity contribution in [3.8, 4) is 5.75 Å². The van der Waals surface area contributed by atoms with E-state index in [0.29, 0.717) is 34.9 Å². The van der Waals surface area contributed by atoms with Gasteiger partial charge in [-0.1, -0.05) is 121 Å². The number of ether oxygens (including phenoxy) is 1. The van der Waals surface area contributed by atoms with E-state index in [1.165, 1.54) is 0 Å². The second-order valence-electron chi connectivity index (χ2n) is 9.82. The molecular weight excluding hydrogens is 581 g/mol. The molecule has 0 radical (unpaired) electrons. The third-order valence-electron chi connectivity index (χ3n) is 6.66. The number of thioether (sulfide) groups is 1. The van der Waals surface area contributed by atoms with Crippen molar-refractivity contribution in [1.29, 1.82) is 0 Å². The van der Waals surface area contributed by atoms with E-state index in [2.05, 4.69) is 0 Å². The number of carboxylic acids is 1. The largest absolute Gasteiger partial charge is 0.488 e. The fourth-order valence-electron chi connectivity index (χ4n) is 4.56. The first-order valence-corrected chi connectivity index (χ1v) is 14.7. The first kappa shape index (κ1) is 29.8. The van der Waals surface area contributed by atoms with Gasteiger partial charge in [-0.05, 0) is 40.5 Å². The average Bonchev–Trinajstić information content (AvgIpc) is 3.27. The van der Waals surface area contributed by atoms with Crippen molar-refractivity contribution in [2.75, 3.05) is 6.54 Å². The van der Waals surface area contributed by atoms with Crippen LogP contribution in [0.5, 0.6) is 5.75 Å². The Hall–Kier alpha value is -4.73. The van der Waals surface area contributed by atoms with E-state index in [-0.39, 0.29) is 16.8 Å². The number of hydrogen-bond donors (Lipinski definition) is 1. The van der Waals surface area contributed by atoms with Crippen LogP contribution in [0.25, 0.3) is 6.08 Å². The quantitative estimate of drug-likeness (QED) is 0.156. The van der Waals surface area contributed by atoms with Crippen LogP contribution in [0.4, 0.5) is 0 Å². The molecule has 1 aliphatic rings. The fourth-order valence-corrected chi connectivity index (χ4v) is 5.82. The lowest BCUT2D eigenvalue weighted by Gasteiger charge is -2.24. The van der Waals surface area contributed by atoms with Gasteiger partial charge in [0.2, 0.25) is 0 Å². The molecule has 0 unspecified atom stereocenters. The van der Waals surface area contributed by atoms with Crippen molar-refractivity contribution in [3.63, 3.8) is 0 Å². The van der Waals surface area contributed by atoms with E-state index >= 15 is 0 Å². The molecule has 216 valence electrons. The zero-order valence-electron chi connectivity index (χ0n) is 23.1. The van der Waals surface area contributed by atoms with Gasteiger partial charge in [0.25, 0.3) is 11.8 Å². The monoisotopic (exact) mass is 608 g/mol. The lowest BCUT2D eigenvalue weighted by atomic mass is 10.1. The van der Waals surface area contributed by atoms with Crippen LogP contribution < -0.4 is 4.74 Å². The third kappa shape index (κ3) is 7.77. The van der Waals surface area contributed by atoms with E-state index < -0.39 is 18.4 Å². The lowest BCUT2D eigenvalue weighted by molar-refractivity contribution is -0.140. The number of carboxylic acid groups (broad SMARTS) is 1. The fraction of sp³-hybridized carbons (Fsp3) is 0.118. The standard InChI is InChI=1S/C34H28N2O5S2/c37-31(38)22-36-33(40)30(43-34(36)42)19-27-16-17-28(29(18-27)41-23-26-14-8-3-9-15-26)32(39)35(20-24-10-4-1-5-11-24)21-25-12-6-2-7-13-25/h1-19H,20-23H2,(H,37,38). The highest BCUT2D eigenvalue weighted by Crippen LogP contribution is 2.34. The van der Waals surface area contributed by atoms with E-state index in [4.69, 9.17) is 22.1 Å². The molecule has 1 fully saturated rings. The van der Waals surface area contributed by atoms with Gasteiger partial charge in [0.15, 0.2) is 0 Å². The molecule has 4 aromatic rings. The van der Waals surface area contributed by atoms with Crippen LogP contribution >= 0.6 is 24.0 Å². The summed E-state index contributed by atoms with van der Waals surface area (Å²) >= 11 is 6.27. The number of carbonyl (C=O) groups excluding carboxylic acids is 2. The molecule has 7 nitrogen and oxygen atoms in total. The number of thiocarbonyl (C=S) groups is 1. The number of aliphatic carboxylic acids is 1. The number of carbonyl (C=O) groups is 3. The first-order chi connectivity index (χ1) is 20.9. The number of amides is 2. The predicted octanol–water partition coefficient (Wildman–Crippen LogP) is 6.39. The Balaban J connectivity index is 1.48. The van der Waals surface area contributed by atoms with Gasteiger partial charge in [0, 0.05) is 13.1 Å². The first-order valence-electron chi connectivity index (χ1n) is 13.5. The Labute approximate surface area is 259 Å². The number of rotatable bonds is 11. The summed E-state index contributed by atoms with van der Waals surface area (Å²) in [6.45, 7) is 0.545. The summed E-state index contributed by atoms with van der Waals surface area (Å²) in [6.07, 6.45) is 1.64. The molecule has 5 rings (SSSR count). The zero-order chi connectivity index (χ0) is 30.2. The molecule has 9 heteroatoms. The molecule has 1 aliphatic heterocycles. The highest BCUT2D eigenvalue weighted by Gasteiger charge is 2.33. The minimum atomic E-state index is -1.15. The van der Waals surface area contributed by atoms with E-state index in [9.17, 15) is 14.4 Å². The van der Waals surface area contributed by atoms with Gasteiger partial charge in [-0.3, -0.25) is 19.3 Å². The Morgan fingerprint density at radius 3 is 1.95 bits per heavy atom. The van der Waals surface area contributed by atoms with Crippen molar-refractivity contribution in [1.82, 2.24) is 9.80 Å². The van der Waals surface area contributed by atoms with Crippen LogP contribution in [0.3, 0.4) is 0 Å². The highest BCUT2D eigenvalue weighted by molar-refractivity contribution is 8.26. The molecule has 0 saturated carbocycles. The molecule has 0 atom stereocenters. The SMILES string of the molecule is O=C(O)CN1C(=O)C(=Cc2ccc(C(=O)N(Cc3ccccc3)Cc3ccccc3)c(OCc3ccccc3)c2)SC1=S. The van der Waals surface area contributed by atoms with Crippen molar-refractivity contribution in [2.45, 2.75) is 19.7 Å². The Bertz CT molecular complexity index is 1620. The van der Waals surface area contributed by atoms with Crippen LogP contribution in [-0.4, -0.2) is 43.6 Å². The number of hydrogen-bond acceptors (Lipinski definition) is 6. The van der Waals surface area contributed by atoms with Crippen molar-refractivity contribution in [2.24, 2.45) is 0 Å². The van der Waals surface area contributed by atoms with Crippen molar-refractivity contribution >= 4 is 52.2 Å². The summed E-state index contributed by atoms with van der Waals surface area (Å²) < 4.78 is 6.42. The second kappa shape index (κ2) is 14.0. The summed E-state index contributed by atoms with van der Waals surface area (Å²) in [5, 5.41) is 9.15. The minimum Gasteiger partial charge on any atom is -0.488 e. The van der Waals surface area contributed by atoms with Gasteiger partial charge in [0.05, 0.1) is 10.5 Å². The predicted molar refractivity (Wildman–Crippen MR) is 171 cm³/mol. The Morgan fingerprint density at radius 1 is 0.837 bits per heavy atom. The summed E-state index contributed by atoms with van der Waals surface area (Å²) in [6, 6.07) is 34.4. The molecule has 0 aromatic heterocycles. The number of nitrogens with zero attached hydrogens (tertiary/aromatic N) is 2. The van der Waals surface area contributed by atoms with Gasteiger partial charge < -0.3 is 14.7 Å². The second-order valence-corrected chi connectivity index (χ2v) is 11.5. The highest BCUT2D eigenvalue weighted by atomic mass is 32.2. The van der Waals surface area contributed by atoms with Gasteiger partial charge >= 0.3 is 5.97 Å². The molecular formula is C34H28N2O5S2. The summed E-state index contributed by atoms with van der Waals surface area (Å²) in [4.78, 5) is 41.4. The molecule has 1 N–H and O–H groups in total. The minimum absolute atomic E-state index is 0.184. The maximum Gasteiger partial charge on any atom is 0.323 e. The lowest BCUT2D eigenvalue weighted by Crippen LogP contribution is -2.33. The topological polar surface area (TPSA) is 87.2 Å². The molecule has 4 aromatic carbocycles. The van der Waals surface area contributed by atoms with E-state index in [1.807, 2.05) is 91.0 Å². The van der Waals surface area contributed by atoms with Crippen LogP contribution in [0.2, 0.25) is 0 Å². The Morgan fingerprint density at radius 2 is 1.40 bits per heavy atom. The smallest absolute Gasteiger partial charge is 0.323 e. The number of benzene rings is 4. The molecule has 0 spiro atoms. The Kier molecular flexibility index (Phi) is 9.66. The summed E-state index contributed by atoms with van der Waals surface area (Å²) in [5.74, 6) is -1.45. The summed E-state index contributed by atoms with van der Waals surface area (Å²) in [7, 11) is 0. The normalized spacial score (nSPS) is 13.8. The zero-order valence-corrected chi connectivity index (χ0v) is 24.7. The molecule has 1 heterocycles. The van der Waals surface area contributed by atoms with Crippen LogP contribution in [0.1, 0.15) is 32.6 Å². The maximum absolute atomic E-state index is 14.2. The molecule has 0 aliphatic carbocycles. The molecule has 2 amide bonds. The maximum atomic E-state index is 14.2. The van der Waals surface area contributed by atoms with Gasteiger partial charge in [0.1, 0.15) is 23.2 Å². The third-order valence-corrected chi connectivity index (χ3v) is 8.04. The summed E-state index contributed by atoms with van der Waals surface area (Å²) in [5.41, 5.74) is 3.94. The van der Waals surface area contributed by atoms with Crippen LogP contribution in [0, 0.1) is 0 Å². The molecule has 0 bridgehead atoms. The van der Waals surface area contributed by atoms with Crippen molar-refractivity contribution in [3.05, 3.63) is 142 Å². The van der Waals surface area contributed by atoms with E-state index in [0.717, 1.165) is 33.4 Å². The van der Waals surface area contributed by atoms with Gasteiger partial charge in [-0.15, -0.1) is 0 Å². The molecule has 1 saturated heterocycles. The van der Waals surface area contributed by atoms with Crippen LogP contribution in [-0.2, 0) is 29.3 Å². The molecule has 43 heavy (non-hydrogen) atoms. The van der Waals surface area contributed by atoms with Crippen LogP contribution in [0.15, 0.2) is 114 Å².